The van der Waals surface area contributed by atoms with Gasteiger partial charge in [-0.15, -0.1) is 10.2 Å². The van der Waals surface area contributed by atoms with Gasteiger partial charge in [0, 0.05) is 82.7 Å². The summed E-state index contributed by atoms with van der Waals surface area (Å²) in [4.78, 5) is 0. The van der Waals surface area contributed by atoms with Crippen LogP contribution in [0.3, 0.4) is 0 Å². The molecule has 0 N–H and O–H groups in total. The van der Waals surface area contributed by atoms with Crippen molar-refractivity contribution in [3.63, 3.8) is 0 Å². The van der Waals surface area contributed by atoms with Gasteiger partial charge in [-0.05, 0) is 144 Å². The van der Waals surface area contributed by atoms with E-state index in [2.05, 4.69) is 298 Å². The topological polar surface area (TPSA) is 50.4 Å². The zero-order valence-electron chi connectivity index (χ0n) is 43.9. The molecule has 0 aliphatic carbocycles. The van der Waals surface area contributed by atoms with Crippen molar-refractivity contribution in [2.24, 2.45) is 0 Å². The lowest BCUT2D eigenvalue weighted by Gasteiger charge is -2.20. The van der Waals surface area contributed by atoms with E-state index in [1.165, 1.54) is 70.7 Å². The Morgan fingerprint density at radius 1 is 0.241 bits per heavy atom. The Morgan fingerprint density at radius 2 is 0.506 bits per heavy atom. The third kappa shape index (κ3) is 6.85. The van der Waals surface area contributed by atoms with Gasteiger partial charge in [0.05, 0.1) is 44.1 Å². The second-order valence-electron chi connectivity index (χ2n) is 21.9. The Morgan fingerprint density at radius 3 is 0.823 bits per heavy atom. The fourth-order valence-electron chi connectivity index (χ4n) is 12.7. The van der Waals surface area contributed by atoms with Crippen molar-refractivity contribution in [2.75, 3.05) is 0 Å². The molecule has 0 unspecified atom stereocenters. The van der Waals surface area contributed by atoms with Gasteiger partial charge in [-0.3, -0.25) is 4.57 Å². The molecular weight excluding hydrogens is 963 g/mol. The first kappa shape index (κ1) is 45.0. The monoisotopic (exact) mass is 1010 g/mol. The van der Waals surface area contributed by atoms with Gasteiger partial charge >= 0.3 is 0 Å². The number of hydrogen-bond donors (Lipinski definition) is 0. The van der Waals surface area contributed by atoms with Crippen molar-refractivity contribution < 1.29 is 0 Å². The second-order valence-corrected chi connectivity index (χ2v) is 21.9. The molecule has 11 aromatic carbocycles. The number of para-hydroxylation sites is 6. The predicted molar refractivity (Wildman–Crippen MR) is 328 cm³/mol. The highest BCUT2D eigenvalue weighted by Crippen LogP contribution is 2.43. The van der Waals surface area contributed by atoms with Crippen molar-refractivity contribution >= 4 is 87.2 Å². The Kier molecular flexibility index (Phi) is 9.76. The minimum Gasteiger partial charge on any atom is -0.309 e. The smallest absolute Gasteiger partial charge is 0.168 e. The van der Waals surface area contributed by atoms with Gasteiger partial charge in [-0.1, -0.05) is 142 Å². The lowest BCUT2D eigenvalue weighted by atomic mass is 9.87. The van der Waals surface area contributed by atoms with Crippen LogP contribution in [0.25, 0.3) is 138 Å². The first-order chi connectivity index (χ1) is 38.8. The second kappa shape index (κ2) is 17.1. The van der Waals surface area contributed by atoms with E-state index in [1.807, 2.05) is 0 Å². The third-order valence-electron chi connectivity index (χ3n) is 16.4. The van der Waals surface area contributed by atoms with Crippen LogP contribution in [0.1, 0.15) is 26.3 Å². The van der Waals surface area contributed by atoms with Crippen LogP contribution in [0.4, 0.5) is 0 Å². The van der Waals surface area contributed by atoms with Crippen molar-refractivity contribution in [1.82, 2.24) is 33.0 Å². The van der Waals surface area contributed by atoms with E-state index in [-0.39, 0.29) is 5.41 Å². The van der Waals surface area contributed by atoms with E-state index in [1.54, 1.807) is 0 Å². The molecular formula is C72H51N7. The molecule has 0 radical (unpaired) electrons. The molecule has 5 aromatic heterocycles. The first-order valence-corrected chi connectivity index (χ1v) is 27.2. The van der Waals surface area contributed by atoms with E-state index in [0.717, 1.165) is 73.3 Å². The molecule has 0 fully saturated rings. The van der Waals surface area contributed by atoms with Crippen molar-refractivity contribution in [3.8, 4) is 51.2 Å². The molecule has 0 atom stereocenters. The van der Waals surface area contributed by atoms with Crippen LogP contribution in [-0.4, -0.2) is 33.0 Å². The maximum absolute atomic E-state index is 5.02. The van der Waals surface area contributed by atoms with Crippen LogP contribution in [0.2, 0.25) is 0 Å². The summed E-state index contributed by atoms with van der Waals surface area (Å²) in [5, 5.41) is 19.8. The van der Waals surface area contributed by atoms with Gasteiger partial charge in [-0.25, -0.2) is 0 Å². The molecule has 7 nitrogen and oxygen atoms in total. The molecule has 374 valence electrons. The molecule has 79 heavy (non-hydrogen) atoms. The van der Waals surface area contributed by atoms with E-state index >= 15 is 0 Å². The zero-order chi connectivity index (χ0) is 52.5. The van der Waals surface area contributed by atoms with Crippen LogP contribution in [-0.2, 0) is 5.41 Å². The number of benzene rings is 11. The highest BCUT2D eigenvalue weighted by atomic mass is 15.3. The maximum atomic E-state index is 5.02. The molecule has 5 heterocycles. The molecule has 7 heteroatoms. The number of rotatable bonds is 7. The summed E-state index contributed by atoms with van der Waals surface area (Å²) < 4.78 is 11.8. The molecule has 0 aliphatic heterocycles. The zero-order valence-corrected chi connectivity index (χ0v) is 43.9. The van der Waals surface area contributed by atoms with Crippen LogP contribution in [0.15, 0.2) is 255 Å². The molecule has 0 saturated carbocycles. The average Bonchev–Trinajstić information content (AvgIpc) is 4.46. The van der Waals surface area contributed by atoms with Gasteiger partial charge in [-0.2, -0.15) is 0 Å². The quantitative estimate of drug-likeness (QED) is 0.160. The summed E-state index contributed by atoms with van der Waals surface area (Å²) in [6, 6.07) is 92.6. The Bertz CT molecular complexity index is 4770. The lowest BCUT2D eigenvalue weighted by molar-refractivity contribution is 0.590. The largest absolute Gasteiger partial charge is 0.309 e. The van der Waals surface area contributed by atoms with Gasteiger partial charge < -0.3 is 18.3 Å². The molecule has 0 bridgehead atoms. The third-order valence-corrected chi connectivity index (χ3v) is 16.4. The van der Waals surface area contributed by atoms with E-state index in [9.17, 15) is 0 Å². The molecule has 0 spiro atoms. The van der Waals surface area contributed by atoms with E-state index < -0.39 is 0 Å². The van der Waals surface area contributed by atoms with Crippen LogP contribution < -0.4 is 0 Å². The SMILES string of the molecule is CC(C)(C)c1ccc(-n2c(-c3ccc(-n4c5ccccc5c5cc6c(cc54)c4ccccc4n6-c4ccccc4)cc3)nnc2-c2ccc(-n3c4ccccc4c4cc5c(cc43)c3ccccc3n5-c3ccccc3)cc2)cc1. The Balaban J connectivity index is 0.824. The Labute approximate surface area is 455 Å². The molecule has 0 amide bonds. The highest BCUT2D eigenvalue weighted by molar-refractivity contribution is 6.20. The normalized spacial score (nSPS) is 12.2. The number of aromatic nitrogens is 7. The lowest BCUT2D eigenvalue weighted by Crippen LogP contribution is -2.11. The fraction of sp³-hybridized carbons (Fsp3) is 0.0556. The number of hydrogen-bond acceptors (Lipinski definition) is 2. The minimum atomic E-state index is -0.00185. The van der Waals surface area contributed by atoms with E-state index in [0.29, 0.717) is 0 Å². The minimum absolute atomic E-state index is 0.00185. The van der Waals surface area contributed by atoms with Gasteiger partial charge in [0.1, 0.15) is 0 Å². The standard InChI is InChI=1S/C72H51N7/c1-72(2,3)48-34-40-53(41-35-48)79-70(46-30-36-51(37-31-46)77-64-28-16-12-24-56(64)60-42-66-58(44-68(60)77)54-22-10-14-26-62(54)75(66)49-18-6-4-7-19-49)73-74-71(79)47-32-38-52(39-33-47)78-65-29-17-13-25-57(65)61-43-67-59(45-69(61)78)55-23-11-15-27-63(55)76(67)50-20-8-5-9-21-50/h4-45H,1-3H3. The van der Waals surface area contributed by atoms with Gasteiger partial charge in [0.25, 0.3) is 0 Å². The summed E-state index contributed by atoms with van der Waals surface area (Å²) in [7, 11) is 0. The van der Waals surface area contributed by atoms with Crippen molar-refractivity contribution in [1.29, 1.82) is 0 Å². The first-order valence-electron chi connectivity index (χ1n) is 27.2. The predicted octanol–water partition coefficient (Wildman–Crippen LogP) is 18.3. The molecule has 0 saturated heterocycles. The summed E-state index contributed by atoms with van der Waals surface area (Å²) in [5.41, 5.74) is 18.1. The van der Waals surface area contributed by atoms with E-state index in [4.69, 9.17) is 10.2 Å². The number of fused-ring (bicyclic) bond motifs is 12. The summed E-state index contributed by atoms with van der Waals surface area (Å²) in [6.07, 6.45) is 0. The van der Waals surface area contributed by atoms with Gasteiger partial charge in [0.2, 0.25) is 0 Å². The van der Waals surface area contributed by atoms with Crippen LogP contribution >= 0.6 is 0 Å². The van der Waals surface area contributed by atoms with Gasteiger partial charge in [0.15, 0.2) is 11.6 Å². The molecule has 0 aliphatic rings. The fourth-order valence-corrected chi connectivity index (χ4v) is 12.7. The highest BCUT2D eigenvalue weighted by Gasteiger charge is 2.23. The summed E-state index contributed by atoms with van der Waals surface area (Å²) >= 11 is 0. The number of nitrogens with zero attached hydrogens (tertiary/aromatic N) is 7. The van der Waals surface area contributed by atoms with Crippen LogP contribution in [0, 0.1) is 0 Å². The Hall–Kier alpha value is -10.2. The molecule has 16 rings (SSSR count). The van der Waals surface area contributed by atoms with Crippen molar-refractivity contribution in [2.45, 2.75) is 26.2 Å². The van der Waals surface area contributed by atoms with Crippen molar-refractivity contribution in [3.05, 3.63) is 260 Å². The summed E-state index contributed by atoms with van der Waals surface area (Å²) in [6.45, 7) is 6.77. The van der Waals surface area contributed by atoms with Crippen LogP contribution in [0.5, 0.6) is 0 Å². The molecule has 16 aromatic rings. The summed E-state index contributed by atoms with van der Waals surface area (Å²) in [5.74, 6) is 1.54. The average molecular weight is 1010 g/mol. The maximum Gasteiger partial charge on any atom is 0.168 e.